The lowest BCUT2D eigenvalue weighted by atomic mass is 9.92. The zero-order chi connectivity index (χ0) is 9.30. The molecule has 0 aromatic heterocycles. The first-order valence-corrected chi connectivity index (χ1v) is 4.65. The van der Waals surface area contributed by atoms with Crippen molar-refractivity contribution in [2.45, 2.75) is 33.6 Å². The van der Waals surface area contributed by atoms with E-state index in [0.717, 1.165) is 6.42 Å². The lowest BCUT2D eigenvalue weighted by molar-refractivity contribution is 0.444. The van der Waals surface area contributed by atoms with Crippen LogP contribution in [0, 0.1) is 5.92 Å². The van der Waals surface area contributed by atoms with E-state index in [2.05, 4.69) is 39.3 Å². The minimum absolute atomic E-state index is 0.681. The molecule has 0 atom stereocenters. The number of nitrogens with zero attached hydrogens (tertiary/aromatic N) is 1. The summed E-state index contributed by atoms with van der Waals surface area (Å²) in [6.45, 7) is 10.8. The Morgan fingerprint density at radius 2 is 1.92 bits per heavy atom. The summed E-state index contributed by atoms with van der Waals surface area (Å²) in [6, 6.07) is 0. The summed E-state index contributed by atoms with van der Waals surface area (Å²) in [5.41, 5.74) is 4.24. The molecular formula is C11H19N. The molecule has 12 heavy (non-hydrogen) atoms. The molecule has 0 radical (unpaired) electrons. The highest BCUT2D eigenvalue weighted by Crippen LogP contribution is 2.30. The van der Waals surface area contributed by atoms with E-state index in [1.54, 1.807) is 5.57 Å². The predicted molar refractivity (Wildman–Crippen MR) is 53.7 cm³/mol. The van der Waals surface area contributed by atoms with Gasteiger partial charge in [0.05, 0.1) is 0 Å². The molecule has 1 heterocycles. The van der Waals surface area contributed by atoms with Crippen LogP contribution < -0.4 is 0 Å². The summed E-state index contributed by atoms with van der Waals surface area (Å²) in [5.74, 6) is 0.681. The first kappa shape index (κ1) is 9.37. The monoisotopic (exact) mass is 165 g/mol. The van der Waals surface area contributed by atoms with Crippen LogP contribution in [0.1, 0.15) is 33.6 Å². The molecule has 0 aliphatic carbocycles. The zero-order valence-corrected chi connectivity index (χ0v) is 8.65. The minimum Gasteiger partial charge on any atom is -0.353 e. The Bertz CT molecular complexity index is 223. The van der Waals surface area contributed by atoms with Crippen molar-refractivity contribution in [1.29, 1.82) is 0 Å². The van der Waals surface area contributed by atoms with Crippen molar-refractivity contribution in [3.05, 3.63) is 23.5 Å². The summed E-state index contributed by atoms with van der Waals surface area (Å²) in [7, 11) is 2.11. The second-order valence-electron chi connectivity index (χ2n) is 3.89. The van der Waals surface area contributed by atoms with E-state index < -0.39 is 0 Å². The molecule has 0 spiro atoms. The van der Waals surface area contributed by atoms with Crippen LogP contribution in [0.25, 0.3) is 0 Å². The molecule has 1 aliphatic heterocycles. The maximum atomic E-state index is 4.03. The summed E-state index contributed by atoms with van der Waals surface area (Å²) in [5, 5.41) is 0. The molecule has 0 fully saturated rings. The van der Waals surface area contributed by atoms with E-state index in [-0.39, 0.29) is 0 Å². The first-order chi connectivity index (χ1) is 5.54. The molecule has 0 aromatic rings. The van der Waals surface area contributed by atoms with Crippen molar-refractivity contribution in [3.8, 4) is 0 Å². The highest BCUT2D eigenvalue weighted by atomic mass is 15.1. The topological polar surface area (TPSA) is 3.24 Å². The fraction of sp³-hybridized carbons (Fsp3) is 0.636. The van der Waals surface area contributed by atoms with E-state index in [1.165, 1.54) is 17.8 Å². The van der Waals surface area contributed by atoms with Gasteiger partial charge in [-0.05, 0) is 31.3 Å². The van der Waals surface area contributed by atoms with Gasteiger partial charge < -0.3 is 4.90 Å². The molecule has 0 saturated heterocycles. The Balaban J connectivity index is 2.93. The van der Waals surface area contributed by atoms with Gasteiger partial charge in [-0.2, -0.15) is 0 Å². The number of rotatable bonds is 1. The van der Waals surface area contributed by atoms with Crippen molar-refractivity contribution >= 4 is 0 Å². The Labute approximate surface area is 75.8 Å². The van der Waals surface area contributed by atoms with Gasteiger partial charge in [0.1, 0.15) is 0 Å². The van der Waals surface area contributed by atoms with Gasteiger partial charge in [0.25, 0.3) is 0 Å². The summed E-state index contributed by atoms with van der Waals surface area (Å²) in [6.07, 6.45) is 2.33. The lowest BCUT2D eigenvalue weighted by Gasteiger charge is -2.32. The van der Waals surface area contributed by atoms with Crippen LogP contribution >= 0.6 is 0 Å². The third-order valence-electron chi connectivity index (χ3n) is 2.82. The predicted octanol–water partition coefficient (Wildman–Crippen LogP) is 3.16. The molecule has 0 amide bonds. The maximum absolute atomic E-state index is 4.03. The molecule has 1 rings (SSSR count). The number of hydrogen-bond acceptors (Lipinski definition) is 1. The van der Waals surface area contributed by atoms with E-state index in [1.807, 2.05) is 0 Å². The highest BCUT2D eigenvalue weighted by molar-refractivity contribution is 5.22. The third kappa shape index (κ3) is 1.55. The second kappa shape index (κ2) is 3.34. The molecule has 0 saturated carbocycles. The van der Waals surface area contributed by atoms with Crippen LogP contribution in [-0.4, -0.2) is 11.9 Å². The average molecular weight is 165 g/mol. The largest absolute Gasteiger partial charge is 0.353 e. The molecule has 0 aromatic carbocycles. The fourth-order valence-electron chi connectivity index (χ4n) is 1.79. The van der Waals surface area contributed by atoms with Gasteiger partial charge in [-0.3, -0.25) is 0 Å². The summed E-state index contributed by atoms with van der Waals surface area (Å²) in [4.78, 5) is 2.22. The molecule has 0 bridgehead atoms. The first-order valence-electron chi connectivity index (χ1n) is 4.65. The Kier molecular flexibility index (Phi) is 2.61. The Morgan fingerprint density at radius 3 is 2.42 bits per heavy atom. The summed E-state index contributed by atoms with van der Waals surface area (Å²) >= 11 is 0. The fourth-order valence-corrected chi connectivity index (χ4v) is 1.79. The number of hydrogen-bond donors (Lipinski definition) is 0. The van der Waals surface area contributed by atoms with Gasteiger partial charge in [0.2, 0.25) is 0 Å². The molecule has 68 valence electrons. The molecule has 1 heteroatoms. The van der Waals surface area contributed by atoms with Crippen LogP contribution in [0.3, 0.4) is 0 Å². The molecule has 0 N–H and O–H groups in total. The highest BCUT2D eigenvalue weighted by Gasteiger charge is 2.17. The SMILES string of the molecule is C=C1CCC(C(C)C)=C(C)N1C. The van der Waals surface area contributed by atoms with Gasteiger partial charge in [-0.25, -0.2) is 0 Å². The van der Waals surface area contributed by atoms with Gasteiger partial charge >= 0.3 is 0 Å². The summed E-state index contributed by atoms with van der Waals surface area (Å²) < 4.78 is 0. The van der Waals surface area contributed by atoms with Gasteiger partial charge in [0, 0.05) is 18.4 Å². The normalized spacial score (nSPS) is 19.4. The average Bonchev–Trinajstić information content (AvgIpc) is 2.00. The molecule has 1 aliphatic rings. The van der Waals surface area contributed by atoms with Gasteiger partial charge in [0.15, 0.2) is 0 Å². The van der Waals surface area contributed by atoms with Crippen LogP contribution in [0.4, 0.5) is 0 Å². The maximum Gasteiger partial charge on any atom is 0.0137 e. The van der Waals surface area contributed by atoms with Crippen molar-refractivity contribution in [3.63, 3.8) is 0 Å². The van der Waals surface area contributed by atoms with Crippen LogP contribution in [0.15, 0.2) is 23.5 Å². The minimum atomic E-state index is 0.681. The van der Waals surface area contributed by atoms with E-state index in [9.17, 15) is 0 Å². The van der Waals surface area contributed by atoms with Gasteiger partial charge in [-0.1, -0.05) is 20.4 Å². The van der Waals surface area contributed by atoms with Crippen LogP contribution in [0.5, 0.6) is 0 Å². The molecular weight excluding hydrogens is 146 g/mol. The second-order valence-corrected chi connectivity index (χ2v) is 3.89. The van der Waals surface area contributed by atoms with E-state index >= 15 is 0 Å². The zero-order valence-electron chi connectivity index (χ0n) is 8.65. The van der Waals surface area contributed by atoms with Crippen molar-refractivity contribution in [2.75, 3.05) is 7.05 Å². The quantitative estimate of drug-likeness (QED) is 0.577. The lowest BCUT2D eigenvalue weighted by Crippen LogP contribution is -2.22. The third-order valence-corrected chi connectivity index (χ3v) is 2.82. The molecule has 1 nitrogen and oxygen atoms in total. The van der Waals surface area contributed by atoms with Gasteiger partial charge in [-0.15, -0.1) is 0 Å². The van der Waals surface area contributed by atoms with Crippen molar-refractivity contribution < 1.29 is 0 Å². The Hall–Kier alpha value is -0.720. The smallest absolute Gasteiger partial charge is 0.0137 e. The number of allylic oxidation sites excluding steroid dienone is 3. The molecule has 0 unspecified atom stereocenters. The standard InChI is InChI=1S/C11H19N/c1-8(2)11-7-6-9(3)12(5)10(11)4/h8H,3,6-7H2,1-2,4-5H3. The van der Waals surface area contributed by atoms with E-state index in [0.29, 0.717) is 5.92 Å². The van der Waals surface area contributed by atoms with Crippen LogP contribution in [-0.2, 0) is 0 Å². The van der Waals surface area contributed by atoms with Crippen LogP contribution in [0.2, 0.25) is 0 Å². The van der Waals surface area contributed by atoms with E-state index in [4.69, 9.17) is 0 Å². The van der Waals surface area contributed by atoms with Crippen molar-refractivity contribution in [1.82, 2.24) is 4.90 Å². The van der Waals surface area contributed by atoms with Crippen molar-refractivity contribution in [2.24, 2.45) is 5.92 Å². The Morgan fingerprint density at radius 1 is 1.33 bits per heavy atom.